The lowest BCUT2D eigenvalue weighted by Gasteiger charge is -1.97. The van der Waals surface area contributed by atoms with Gasteiger partial charge in [0.05, 0.1) is 4.47 Å². The number of hydrogen-bond donors (Lipinski definition) is 1. The van der Waals surface area contributed by atoms with Crippen LogP contribution in [0, 0.1) is 0 Å². The molecular formula is C7H6BrIO. The molecule has 1 aromatic carbocycles. The molecule has 1 aromatic rings. The number of phenols is 1. The van der Waals surface area contributed by atoms with Crippen molar-refractivity contribution in [2.75, 3.05) is 0 Å². The van der Waals surface area contributed by atoms with Crippen molar-refractivity contribution in [1.82, 2.24) is 0 Å². The van der Waals surface area contributed by atoms with E-state index < -0.39 is 0 Å². The predicted octanol–water partition coefficient (Wildman–Crippen LogP) is 3.09. The lowest BCUT2D eigenvalue weighted by atomic mass is 10.2. The molecule has 0 unspecified atom stereocenters. The molecule has 0 bridgehead atoms. The van der Waals surface area contributed by atoms with Gasteiger partial charge in [-0.2, -0.15) is 0 Å². The van der Waals surface area contributed by atoms with Gasteiger partial charge < -0.3 is 5.11 Å². The fraction of sp³-hybridized carbons (Fsp3) is 0.143. The fourth-order valence-corrected chi connectivity index (χ4v) is 1.53. The summed E-state index contributed by atoms with van der Waals surface area (Å²) in [6.45, 7) is 0. The van der Waals surface area contributed by atoms with Crippen LogP contribution in [0.2, 0.25) is 0 Å². The summed E-state index contributed by atoms with van der Waals surface area (Å²) in [7, 11) is 0. The highest BCUT2D eigenvalue weighted by atomic mass is 127. The van der Waals surface area contributed by atoms with Crippen molar-refractivity contribution in [1.29, 1.82) is 0 Å². The summed E-state index contributed by atoms with van der Waals surface area (Å²) in [6, 6.07) is 5.52. The van der Waals surface area contributed by atoms with E-state index in [4.69, 9.17) is 5.11 Å². The maximum Gasteiger partial charge on any atom is 0.129 e. The van der Waals surface area contributed by atoms with Crippen LogP contribution in [-0.2, 0) is 4.43 Å². The van der Waals surface area contributed by atoms with Crippen LogP contribution in [0.15, 0.2) is 22.7 Å². The zero-order valence-electron chi connectivity index (χ0n) is 5.14. The predicted molar refractivity (Wildman–Crippen MR) is 53.5 cm³/mol. The van der Waals surface area contributed by atoms with Gasteiger partial charge in [-0.3, -0.25) is 0 Å². The molecule has 0 heterocycles. The van der Waals surface area contributed by atoms with Gasteiger partial charge in [0.2, 0.25) is 0 Å². The number of benzene rings is 1. The highest BCUT2D eigenvalue weighted by Crippen LogP contribution is 2.24. The van der Waals surface area contributed by atoms with Crippen LogP contribution in [0.25, 0.3) is 0 Å². The Balaban J connectivity index is 3.04. The van der Waals surface area contributed by atoms with Gasteiger partial charge in [0.1, 0.15) is 5.75 Å². The Bertz CT molecular complexity index is 237. The molecule has 0 aliphatic heterocycles. The summed E-state index contributed by atoms with van der Waals surface area (Å²) >= 11 is 5.51. The molecule has 0 radical (unpaired) electrons. The summed E-state index contributed by atoms with van der Waals surface area (Å²) in [5.41, 5.74) is 1.21. The molecule has 1 rings (SSSR count). The van der Waals surface area contributed by atoms with Crippen molar-refractivity contribution in [3.63, 3.8) is 0 Å². The summed E-state index contributed by atoms with van der Waals surface area (Å²) in [5.74, 6) is 0.300. The van der Waals surface area contributed by atoms with Crippen molar-refractivity contribution >= 4 is 38.5 Å². The number of phenolic OH excluding ortho intramolecular Hbond substituents is 1. The highest BCUT2D eigenvalue weighted by Gasteiger charge is 1.96. The summed E-state index contributed by atoms with van der Waals surface area (Å²) in [4.78, 5) is 0. The Hall–Kier alpha value is 0.230. The van der Waals surface area contributed by atoms with E-state index in [0.717, 1.165) is 8.90 Å². The zero-order valence-corrected chi connectivity index (χ0v) is 8.89. The van der Waals surface area contributed by atoms with Gasteiger partial charge in [-0.05, 0) is 33.6 Å². The van der Waals surface area contributed by atoms with E-state index in [1.807, 2.05) is 12.1 Å². The first-order valence-electron chi connectivity index (χ1n) is 2.77. The fourth-order valence-electron chi connectivity index (χ4n) is 0.634. The first kappa shape index (κ1) is 8.33. The topological polar surface area (TPSA) is 20.2 Å². The molecule has 0 spiro atoms. The summed E-state index contributed by atoms with van der Waals surface area (Å²) in [6.07, 6.45) is 0. The molecule has 0 aromatic heterocycles. The maximum absolute atomic E-state index is 9.09. The third-order valence-corrected chi connectivity index (χ3v) is 2.68. The average molecular weight is 313 g/mol. The third kappa shape index (κ3) is 1.85. The zero-order chi connectivity index (χ0) is 7.56. The normalized spacial score (nSPS) is 9.80. The van der Waals surface area contributed by atoms with Crippen LogP contribution >= 0.6 is 38.5 Å². The first-order valence-corrected chi connectivity index (χ1v) is 5.09. The Kier molecular flexibility index (Phi) is 2.97. The Morgan fingerprint density at radius 2 is 2.20 bits per heavy atom. The van der Waals surface area contributed by atoms with Gasteiger partial charge >= 0.3 is 0 Å². The van der Waals surface area contributed by atoms with Gasteiger partial charge in [-0.15, -0.1) is 0 Å². The number of halogens is 2. The van der Waals surface area contributed by atoms with Gasteiger partial charge in [-0.1, -0.05) is 28.7 Å². The molecule has 0 saturated heterocycles. The monoisotopic (exact) mass is 312 g/mol. The van der Waals surface area contributed by atoms with Crippen molar-refractivity contribution in [3.8, 4) is 5.75 Å². The van der Waals surface area contributed by atoms with Gasteiger partial charge in [0, 0.05) is 4.43 Å². The summed E-state index contributed by atoms with van der Waals surface area (Å²) < 4.78 is 1.73. The van der Waals surface area contributed by atoms with Crippen LogP contribution in [-0.4, -0.2) is 5.11 Å². The molecule has 0 atom stereocenters. The highest BCUT2D eigenvalue weighted by molar-refractivity contribution is 14.1. The summed E-state index contributed by atoms with van der Waals surface area (Å²) in [5, 5.41) is 9.09. The van der Waals surface area contributed by atoms with Crippen molar-refractivity contribution < 1.29 is 5.11 Å². The van der Waals surface area contributed by atoms with E-state index in [0.29, 0.717) is 5.75 Å². The van der Waals surface area contributed by atoms with Gasteiger partial charge in [0.15, 0.2) is 0 Å². The maximum atomic E-state index is 9.09. The molecule has 54 valence electrons. The molecule has 0 aliphatic rings. The molecule has 0 saturated carbocycles. The smallest absolute Gasteiger partial charge is 0.129 e. The quantitative estimate of drug-likeness (QED) is 0.624. The second-order valence-electron chi connectivity index (χ2n) is 1.92. The minimum atomic E-state index is 0.300. The SMILES string of the molecule is Oc1ccc(CI)cc1Br. The number of hydrogen-bond acceptors (Lipinski definition) is 1. The number of rotatable bonds is 1. The van der Waals surface area contributed by atoms with E-state index >= 15 is 0 Å². The molecular weight excluding hydrogens is 307 g/mol. The van der Waals surface area contributed by atoms with E-state index in [2.05, 4.69) is 38.5 Å². The van der Waals surface area contributed by atoms with Crippen molar-refractivity contribution in [3.05, 3.63) is 28.2 Å². The molecule has 1 nitrogen and oxygen atoms in total. The van der Waals surface area contributed by atoms with Crippen molar-refractivity contribution in [2.45, 2.75) is 4.43 Å². The third-order valence-electron chi connectivity index (χ3n) is 1.17. The Morgan fingerprint density at radius 3 is 2.70 bits per heavy atom. The molecule has 10 heavy (non-hydrogen) atoms. The second-order valence-corrected chi connectivity index (χ2v) is 3.54. The van der Waals surface area contributed by atoms with Crippen molar-refractivity contribution in [2.24, 2.45) is 0 Å². The molecule has 3 heteroatoms. The standard InChI is InChI=1S/C7H6BrIO/c8-6-3-5(4-9)1-2-7(6)10/h1-3,10H,4H2. The van der Waals surface area contributed by atoms with Crippen LogP contribution in [0.1, 0.15) is 5.56 Å². The molecule has 0 fully saturated rings. The van der Waals surface area contributed by atoms with Gasteiger partial charge in [0.25, 0.3) is 0 Å². The van der Waals surface area contributed by atoms with E-state index in [-0.39, 0.29) is 0 Å². The lowest BCUT2D eigenvalue weighted by Crippen LogP contribution is -1.76. The van der Waals surface area contributed by atoms with Crippen LogP contribution < -0.4 is 0 Å². The lowest BCUT2D eigenvalue weighted by molar-refractivity contribution is 0.472. The first-order chi connectivity index (χ1) is 4.74. The van der Waals surface area contributed by atoms with Gasteiger partial charge in [-0.25, -0.2) is 0 Å². The molecule has 0 aliphatic carbocycles. The van der Waals surface area contributed by atoms with E-state index in [1.54, 1.807) is 6.07 Å². The minimum Gasteiger partial charge on any atom is -0.507 e. The van der Waals surface area contributed by atoms with Crippen LogP contribution in [0.4, 0.5) is 0 Å². The average Bonchev–Trinajstić information content (AvgIpc) is 1.95. The molecule has 0 amide bonds. The van der Waals surface area contributed by atoms with E-state index in [1.165, 1.54) is 5.56 Å². The largest absolute Gasteiger partial charge is 0.507 e. The minimum absolute atomic E-state index is 0.300. The van der Waals surface area contributed by atoms with Crippen LogP contribution in [0.5, 0.6) is 5.75 Å². The number of alkyl halides is 1. The number of aromatic hydroxyl groups is 1. The van der Waals surface area contributed by atoms with E-state index in [9.17, 15) is 0 Å². The molecule has 1 N–H and O–H groups in total. The second kappa shape index (κ2) is 3.57. The Morgan fingerprint density at radius 1 is 1.50 bits per heavy atom. The Labute approximate surface area is 81.7 Å². The van der Waals surface area contributed by atoms with Crippen LogP contribution in [0.3, 0.4) is 0 Å².